The van der Waals surface area contributed by atoms with Gasteiger partial charge in [0.2, 0.25) is 5.78 Å². The molecule has 1 fully saturated rings. The predicted octanol–water partition coefficient (Wildman–Crippen LogP) is 0.108. The first-order valence-electron chi connectivity index (χ1n) is 5.03. The van der Waals surface area contributed by atoms with Gasteiger partial charge in [-0.3, -0.25) is 9.59 Å². The summed E-state index contributed by atoms with van der Waals surface area (Å²) >= 11 is 0. The first kappa shape index (κ1) is 9.35. The predicted molar refractivity (Wildman–Crippen MR) is 55.1 cm³/mol. The molecule has 1 aromatic rings. The van der Waals surface area contributed by atoms with E-state index in [9.17, 15) is 9.59 Å². The van der Waals surface area contributed by atoms with Crippen molar-refractivity contribution >= 4 is 11.6 Å². The fourth-order valence-electron chi connectivity index (χ4n) is 1.84. The van der Waals surface area contributed by atoms with Gasteiger partial charge in [0.25, 0.3) is 0 Å². The molecule has 0 saturated carbocycles. The molecule has 1 aliphatic carbocycles. The molecular formula is C11H10N2O3. The Balaban J connectivity index is 1.99. The molecule has 1 atom stereocenters. The van der Waals surface area contributed by atoms with Crippen molar-refractivity contribution in [3.05, 3.63) is 35.3 Å². The number of epoxide rings is 1. The third-order valence-corrected chi connectivity index (χ3v) is 2.76. The van der Waals surface area contributed by atoms with E-state index < -0.39 is 0 Å². The van der Waals surface area contributed by atoms with Crippen molar-refractivity contribution in [2.24, 2.45) is 5.73 Å². The second-order valence-corrected chi connectivity index (χ2v) is 4.03. The van der Waals surface area contributed by atoms with Gasteiger partial charge in [0, 0.05) is 18.5 Å². The second-order valence-electron chi connectivity index (χ2n) is 4.03. The minimum atomic E-state index is -0.273. The van der Waals surface area contributed by atoms with Crippen molar-refractivity contribution in [2.45, 2.75) is 12.6 Å². The van der Waals surface area contributed by atoms with Crippen LogP contribution < -0.4 is 5.73 Å². The molecule has 1 aromatic heterocycles. The van der Waals surface area contributed by atoms with E-state index in [1.807, 2.05) is 4.57 Å². The van der Waals surface area contributed by atoms with E-state index in [1.165, 1.54) is 6.08 Å². The summed E-state index contributed by atoms with van der Waals surface area (Å²) in [5.41, 5.74) is 6.30. The number of allylic oxidation sites excluding steroid dienone is 2. The number of fused-ring (bicyclic) bond motifs is 1. The molecule has 2 aliphatic rings. The summed E-state index contributed by atoms with van der Waals surface area (Å²) in [6.07, 6.45) is 4.74. The van der Waals surface area contributed by atoms with Crippen LogP contribution in [-0.4, -0.2) is 28.8 Å². The summed E-state index contributed by atoms with van der Waals surface area (Å²) < 4.78 is 6.90. The minimum Gasteiger partial charge on any atom is -0.395 e. The number of Topliss-reactive ketones (excluding diaryl/α,β-unsaturated/α-hetero) is 1. The monoisotopic (exact) mass is 218 g/mol. The Labute approximate surface area is 91.5 Å². The summed E-state index contributed by atoms with van der Waals surface area (Å²) in [5, 5.41) is 0. The van der Waals surface area contributed by atoms with Crippen molar-refractivity contribution in [1.82, 2.24) is 4.57 Å². The average molecular weight is 218 g/mol. The number of hydrogen-bond donors (Lipinski definition) is 1. The average Bonchev–Trinajstić information content (AvgIpc) is 2.92. The van der Waals surface area contributed by atoms with Gasteiger partial charge in [-0.15, -0.1) is 0 Å². The quantitative estimate of drug-likeness (QED) is 0.714. The Bertz CT molecular complexity index is 523. The fraction of sp³-hybridized carbons (Fsp3) is 0.273. The maximum Gasteiger partial charge on any atom is 0.211 e. The number of rotatable bonds is 2. The Morgan fingerprint density at radius 3 is 2.75 bits per heavy atom. The zero-order valence-corrected chi connectivity index (χ0v) is 8.47. The summed E-state index contributed by atoms with van der Waals surface area (Å²) in [4.78, 5) is 23.3. The van der Waals surface area contributed by atoms with Crippen molar-refractivity contribution in [3.63, 3.8) is 0 Å². The highest BCUT2D eigenvalue weighted by molar-refractivity contribution is 6.24. The first-order valence-corrected chi connectivity index (χ1v) is 5.03. The molecular weight excluding hydrogens is 208 g/mol. The van der Waals surface area contributed by atoms with Crippen molar-refractivity contribution in [3.8, 4) is 0 Å². The van der Waals surface area contributed by atoms with Gasteiger partial charge in [0.05, 0.1) is 36.1 Å². The van der Waals surface area contributed by atoms with Crippen LogP contribution in [0.4, 0.5) is 0 Å². The number of carbonyl (C=O) groups is 2. The van der Waals surface area contributed by atoms with Crippen LogP contribution in [0.2, 0.25) is 0 Å². The third-order valence-electron chi connectivity index (χ3n) is 2.76. The number of nitrogens with two attached hydrogens (primary N) is 1. The molecule has 0 spiro atoms. The van der Waals surface area contributed by atoms with Gasteiger partial charge in [0.1, 0.15) is 0 Å². The molecule has 1 aliphatic heterocycles. The van der Waals surface area contributed by atoms with E-state index in [1.54, 1.807) is 12.4 Å². The molecule has 0 bridgehead atoms. The fourth-order valence-corrected chi connectivity index (χ4v) is 1.84. The molecule has 0 amide bonds. The lowest BCUT2D eigenvalue weighted by molar-refractivity contribution is 0.0984. The summed E-state index contributed by atoms with van der Waals surface area (Å²) in [6.45, 7) is 1.42. The van der Waals surface area contributed by atoms with Gasteiger partial charge in [0.15, 0.2) is 5.78 Å². The van der Waals surface area contributed by atoms with Crippen LogP contribution in [0.15, 0.2) is 24.2 Å². The summed E-state index contributed by atoms with van der Waals surface area (Å²) in [6, 6.07) is 0. The summed E-state index contributed by atoms with van der Waals surface area (Å²) in [5.74, 6) is -0.479. The first-order chi connectivity index (χ1) is 7.65. The minimum absolute atomic E-state index is 0.0120. The largest absolute Gasteiger partial charge is 0.395 e. The molecule has 2 N–H and O–H groups in total. The van der Waals surface area contributed by atoms with Gasteiger partial charge in [-0.1, -0.05) is 0 Å². The van der Waals surface area contributed by atoms with Crippen LogP contribution in [0.3, 0.4) is 0 Å². The topological polar surface area (TPSA) is 77.6 Å². The molecule has 1 saturated heterocycles. The number of hydrogen-bond acceptors (Lipinski definition) is 4. The zero-order valence-electron chi connectivity index (χ0n) is 8.47. The SMILES string of the molecule is NC1=CC(=O)c2cn(CC3CO3)cc2C1=O. The normalized spacial score (nSPS) is 23.0. The van der Waals surface area contributed by atoms with Crippen LogP contribution in [0.1, 0.15) is 20.7 Å². The van der Waals surface area contributed by atoms with Gasteiger partial charge in [-0.25, -0.2) is 0 Å². The van der Waals surface area contributed by atoms with E-state index >= 15 is 0 Å². The highest BCUT2D eigenvalue weighted by Gasteiger charge is 2.28. The van der Waals surface area contributed by atoms with E-state index in [2.05, 4.69) is 0 Å². The molecule has 1 unspecified atom stereocenters. The zero-order chi connectivity index (χ0) is 11.3. The highest BCUT2D eigenvalue weighted by atomic mass is 16.6. The van der Waals surface area contributed by atoms with Crippen molar-refractivity contribution < 1.29 is 14.3 Å². The Hall–Kier alpha value is -1.88. The lowest BCUT2D eigenvalue weighted by Gasteiger charge is -2.05. The van der Waals surface area contributed by atoms with Crippen molar-refractivity contribution in [2.75, 3.05) is 6.61 Å². The molecule has 5 nitrogen and oxygen atoms in total. The van der Waals surface area contributed by atoms with Crippen molar-refractivity contribution in [1.29, 1.82) is 0 Å². The van der Waals surface area contributed by atoms with E-state index in [0.717, 1.165) is 6.61 Å². The lowest BCUT2D eigenvalue weighted by atomic mass is 9.98. The molecule has 3 rings (SSSR count). The molecule has 16 heavy (non-hydrogen) atoms. The number of nitrogens with zero attached hydrogens (tertiary/aromatic N) is 1. The molecule has 2 heterocycles. The smallest absolute Gasteiger partial charge is 0.211 e. The molecule has 82 valence electrons. The van der Waals surface area contributed by atoms with Gasteiger partial charge in [-0.2, -0.15) is 0 Å². The number of ketones is 2. The van der Waals surface area contributed by atoms with E-state index in [-0.39, 0.29) is 23.4 Å². The van der Waals surface area contributed by atoms with E-state index in [4.69, 9.17) is 10.5 Å². The highest BCUT2D eigenvalue weighted by Crippen LogP contribution is 2.22. The maximum absolute atomic E-state index is 11.7. The van der Waals surface area contributed by atoms with Crippen LogP contribution >= 0.6 is 0 Å². The van der Waals surface area contributed by atoms with Gasteiger partial charge >= 0.3 is 0 Å². The third kappa shape index (κ3) is 1.37. The Morgan fingerprint density at radius 2 is 2.06 bits per heavy atom. The standard InChI is InChI=1S/C11H10N2O3/c12-9-1-10(14)7-3-13(2-6-5-16-6)4-8(7)11(9)15/h1,3-4,6H,2,5,12H2. The Kier molecular flexibility index (Phi) is 1.79. The number of carbonyl (C=O) groups excluding carboxylic acids is 2. The number of ether oxygens (including phenoxy) is 1. The van der Waals surface area contributed by atoms with Crippen LogP contribution in [-0.2, 0) is 11.3 Å². The number of aromatic nitrogens is 1. The van der Waals surface area contributed by atoms with Gasteiger partial charge in [-0.05, 0) is 0 Å². The van der Waals surface area contributed by atoms with Crippen LogP contribution in [0.5, 0.6) is 0 Å². The molecule has 0 radical (unpaired) electrons. The van der Waals surface area contributed by atoms with E-state index in [0.29, 0.717) is 17.7 Å². The maximum atomic E-state index is 11.7. The Morgan fingerprint density at radius 1 is 1.38 bits per heavy atom. The summed E-state index contributed by atoms with van der Waals surface area (Å²) in [7, 11) is 0. The second kappa shape index (κ2) is 3.05. The van der Waals surface area contributed by atoms with Crippen LogP contribution in [0.25, 0.3) is 0 Å². The molecule has 0 aromatic carbocycles. The molecule has 5 heteroatoms. The van der Waals surface area contributed by atoms with Crippen LogP contribution in [0, 0.1) is 0 Å². The lowest BCUT2D eigenvalue weighted by Crippen LogP contribution is -2.19. The van der Waals surface area contributed by atoms with Gasteiger partial charge < -0.3 is 15.0 Å².